The van der Waals surface area contributed by atoms with Crippen LogP contribution in [0.4, 0.5) is 0 Å². The number of ether oxygens (including phenoxy) is 3. The average molecular weight is 958 g/mol. The number of unbranched alkanes of at least 4 members (excludes halogenated alkanes) is 41. The van der Waals surface area contributed by atoms with Crippen molar-refractivity contribution < 1.29 is 28.6 Å². The van der Waals surface area contributed by atoms with Crippen molar-refractivity contribution in [1.29, 1.82) is 0 Å². The van der Waals surface area contributed by atoms with Gasteiger partial charge < -0.3 is 14.2 Å². The van der Waals surface area contributed by atoms with Gasteiger partial charge >= 0.3 is 17.9 Å². The molecule has 0 aromatic heterocycles. The van der Waals surface area contributed by atoms with Crippen molar-refractivity contribution in [2.75, 3.05) is 13.2 Å². The molecule has 0 saturated heterocycles. The van der Waals surface area contributed by atoms with Gasteiger partial charge in [-0.05, 0) is 70.6 Å². The van der Waals surface area contributed by atoms with Gasteiger partial charge in [-0.3, -0.25) is 14.4 Å². The number of allylic oxidation sites excluding steroid dienone is 4. The Kier molecular flexibility index (Phi) is 55.7. The number of carbonyl (C=O) groups is 3. The normalized spacial score (nSPS) is 12.1. The minimum absolute atomic E-state index is 0.0725. The van der Waals surface area contributed by atoms with Gasteiger partial charge in [0, 0.05) is 19.3 Å². The highest BCUT2D eigenvalue weighted by Gasteiger charge is 2.19. The average Bonchev–Trinajstić information content (AvgIpc) is 3.34. The van der Waals surface area contributed by atoms with Crippen molar-refractivity contribution in [2.45, 2.75) is 341 Å². The third-order valence-corrected chi connectivity index (χ3v) is 13.7. The highest BCUT2D eigenvalue weighted by molar-refractivity contribution is 5.71. The third-order valence-electron chi connectivity index (χ3n) is 13.7. The molecular weight excluding hydrogens is 841 g/mol. The summed E-state index contributed by atoms with van der Waals surface area (Å²) in [5.74, 6) is -0.867. The number of carbonyl (C=O) groups excluding carboxylic acids is 3. The van der Waals surface area contributed by atoms with Gasteiger partial charge in [-0.15, -0.1) is 0 Å². The molecular formula is C62H116O6. The molecule has 0 amide bonds. The van der Waals surface area contributed by atoms with E-state index in [9.17, 15) is 14.4 Å². The fourth-order valence-electron chi connectivity index (χ4n) is 9.08. The van der Waals surface area contributed by atoms with E-state index < -0.39 is 6.10 Å². The predicted octanol–water partition coefficient (Wildman–Crippen LogP) is 20.3. The van der Waals surface area contributed by atoms with Crippen LogP contribution in [0.2, 0.25) is 0 Å². The third kappa shape index (κ3) is 54.8. The second-order valence-corrected chi connectivity index (χ2v) is 20.6. The van der Waals surface area contributed by atoms with E-state index in [4.69, 9.17) is 14.2 Å². The Labute approximate surface area is 423 Å². The topological polar surface area (TPSA) is 78.9 Å². The summed E-state index contributed by atoms with van der Waals surface area (Å²) in [6.45, 7) is 6.68. The van der Waals surface area contributed by atoms with Crippen molar-refractivity contribution in [3.8, 4) is 0 Å². The van der Waals surface area contributed by atoms with E-state index >= 15 is 0 Å². The molecule has 0 fully saturated rings. The fraction of sp³-hybridized carbons (Fsp3) is 0.887. The highest BCUT2D eigenvalue weighted by atomic mass is 16.6. The van der Waals surface area contributed by atoms with Gasteiger partial charge in [0.2, 0.25) is 0 Å². The summed E-state index contributed by atoms with van der Waals surface area (Å²) in [4.78, 5) is 38.2. The number of esters is 3. The number of rotatable bonds is 56. The van der Waals surface area contributed by atoms with E-state index in [1.165, 1.54) is 225 Å². The largest absolute Gasteiger partial charge is 0.462 e. The molecule has 0 saturated carbocycles. The monoisotopic (exact) mass is 957 g/mol. The van der Waals surface area contributed by atoms with Crippen molar-refractivity contribution in [3.05, 3.63) is 24.3 Å². The Balaban J connectivity index is 4.34. The van der Waals surface area contributed by atoms with Crippen LogP contribution in [0.15, 0.2) is 24.3 Å². The molecule has 0 aliphatic carbocycles. The maximum atomic E-state index is 12.9. The molecule has 0 radical (unpaired) electrons. The van der Waals surface area contributed by atoms with Crippen molar-refractivity contribution in [3.63, 3.8) is 0 Å². The summed E-state index contributed by atoms with van der Waals surface area (Å²) in [6.07, 6.45) is 67.4. The first kappa shape index (κ1) is 65.9. The zero-order chi connectivity index (χ0) is 49.3. The molecule has 0 N–H and O–H groups in total. The van der Waals surface area contributed by atoms with Crippen LogP contribution >= 0.6 is 0 Å². The van der Waals surface area contributed by atoms with E-state index in [1.54, 1.807) is 0 Å². The number of hydrogen-bond donors (Lipinski definition) is 0. The molecule has 6 nitrogen and oxygen atoms in total. The Morgan fingerprint density at radius 2 is 0.485 bits per heavy atom. The molecule has 68 heavy (non-hydrogen) atoms. The molecule has 0 aromatic carbocycles. The van der Waals surface area contributed by atoms with Crippen molar-refractivity contribution in [2.24, 2.45) is 0 Å². The Morgan fingerprint density at radius 1 is 0.279 bits per heavy atom. The lowest BCUT2D eigenvalue weighted by molar-refractivity contribution is -0.167. The molecule has 0 spiro atoms. The summed E-state index contributed by atoms with van der Waals surface area (Å²) in [5.41, 5.74) is 0. The quantitative estimate of drug-likeness (QED) is 0.0262. The lowest BCUT2D eigenvalue weighted by Gasteiger charge is -2.18. The minimum Gasteiger partial charge on any atom is -0.462 e. The van der Waals surface area contributed by atoms with E-state index in [2.05, 4.69) is 45.1 Å². The standard InChI is InChI=1S/C62H116O6/c1-4-7-10-13-16-19-22-25-28-31-32-35-37-40-43-46-49-52-55-61(64)67-58-59(68-62(65)56-53-50-47-44-41-38-34-30-27-24-21-18-15-12-9-6-3)57-66-60(63)54-51-48-45-42-39-36-33-29-26-23-20-17-14-11-8-5-2/h29-30,33-34,59H,4-28,31-32,35-58H2,1-3H3/b33-29-,34-30-. The summed E-state index contributed by atoms with van der Waals surface area (Å²) < 4.78 is 16.9. The SMILES string of the molecule is CCCCCCCCC/C=C\CCCCCCCC(=O)OCC(COC(=O)CCCCCCCCCCCCCCCCCCCC)OC(=O)CCCCCCC/C=C\CCCCCCCCC. The lowest BCUT2D eigenvalue weighted by Crippen LogP contribution is -2.30. The van der Waals surface area contributed by atoms with Gasteiger partial charge in [-0.2, -0.15) is 0 Å². The van der Waals surface area contributed by atoms with Gasteiger partial charge in [0.25, 0.3) is 0 Å². The summed E-state index contributed by atoms with van der Waals surface area (Å²) in [7, 11) is 0. The van der Waals surface area contributed by atoms with Crippen LogP contribution in [0.5, 0.6) is 0 Å². The molecule has 400 valence electrons. The summed E-state index contributed by atoms with van der Waals surface area (Å²) >= 11 is 0. The van der Waals surface area contributed by atoms with E-state index in [1.807, 2.05) is 0 Å². The van der Waals surface area contributed by atoms with Gasteiger partial charge in [0.1, 0.15) is 13.2 Å². The van der Waals surface area contributed by atoms with Crippen LogP contribution in [-0.2, 0) is 28.6 Å². The fourth-order valence-corrected chi connectivity index (χ4v) is 9.08. The highest BCUT2D eigenvalue weighted by Crippen LogP contribution is 2.17. The Morgan fingerprint density at radius 3 is 0.735 bits per heavy atom. The minimum atomic E-state index is -0.776. The summed E-state index contributed by atoms with van der Waals surface area (Å²) in [5, 5.41) is 0. The first-order chi connectivity index (χ1) is 33.5. The molecule has 0 heterocycles. The molecule has 1 unspecified atom stereocenters. The van der Waals surface area contributed by atoms with Crippen molar-refractivity contribution in [1.82, 2.24) is 0 Å². The lowest BCUT2D eigenvalue weighted by atomic mass is 10.0. The van der Waals surface area contributed by atoms with E-state index in [0.717, 1.165) is 70.6 Å². The Bertz CT molecular complexity index is 1100. The second-order valence-electron chi connectivity index (χ2n) is 20.6. The van der Waals surface area contributed by atoms with Crippen LogP contribution in [0.1, 0.15) is 335 Å². The van der Waals surface area contributed by atoms with Crippen LogP contribution in [-0.4, -0.2) is 37.2 Å². The zero-order valence-corrected chi connectivity index (χ0v) is 45.9. The van der Waals surface area contributed by atoms with E-state index in [-0.39, 0.29) is 31.1 Å². The van der Waals surface area contributed by atoms with Gasteiger partial charge in [-0.25, -0.2) is 0 Å². The molecule has 0 aromatic rings. The molecule has 0 aliphatic heterocycles. The van der Waals surface area contributed by atoms with Gasteiger partial charge in [0.15, 0.2) is 6.10 Å². The molecule has 1 atom stereocenters. The Hall–Kier alpha value is -2.11. The van der Waals surface area contributed by atoms with Crippen LogP contribution in [0.3, 0.4) is 0 Å². The van der Waals surface area contributed by atoms with Crippen molar-refractivity contribution >= 4 is 17.9 Å². The zero-order valence-electron chi connectivity index (χ0n) is 45.9. The first-order valence-electron chi connectivity index (χ1n) is 30.3. The van der Waals surface area contributed by atoms with Crippen LogP contribution < -0.4 is 0 Å². The maximum absolute atomic E-state index is 12.9. The van der Waals surface area contributed by atoms with Gasteiger partial charge in [-0.1, -0.05) is 270 Å². The smallest absolute Gasteiger partial charge is 0.306 e. The number of hydrogen-bond acceptors (Lipinski definition) is 6. The summed E-state index contributed by atoms with van der Waals surface area (Å²) in [6, 6.07) is 0. The second kappa shape index (κ2) is 57.5. The molecule has 0 rings (SSSR count). The van der Waals surface area contributed by atoms with Gasteiger partial charge in [0.05, 0.1) is 0 Å². The molecule has 0 bridgehead atoms. The van der Waals surface area contributed by atoms with Crippen LogP contribution in [0, 0.1) is 0 Å². The predicted molar refractivity (Wildman–Crippen MR) is 293 cm³/mol. The van der Waals surface area contributed by atoms with Crippen LogP contribution in [0.25, 0.3) is 0 Å². The molecule has 0 aliphatic rings. The molecule has 6 heteroatoms. The van der Waals surface area contributed by atoms with E-state index in [0.29, 0.717) is 19.3 Å². The maximum Gasteiger partial charge on any atom is 0.306 e. The first-order valence-corrected chi connectivity index (χ1v) is 30.3.